The lowest BCUT2D eigenvalue weighted by molar-refractivity contribution is 0.0517. The van der Waals surface area contributed by atoms with Crippen molar-refractivity contribution in [3.8, 4) is 6.07 Å². The first-order valence-electron chi connectivity index (χ1n) is 4.88. The van der Waals surface area contributed by atoms with Crippen molar-refractivity contribution in [2.45, 2.75) is 6.92 Å². The van der Waals surface area contributed by atoms with Gasteiger partial charge in [-0.1, -0.05) is 0 Å². The first-order chi connectivity index (χ1) is 8.19. The predicted molar refractivity (Wildman–Crippen MR) is 58.1 cm³/mol. The molecule has 0 saturated heterocycles. The number of ether oxygens (including phenoxy) is 1. The number of anilines is 1. The van der Waals surface area contributed by atoms with Gasteiger partial charge in [0.15, 0.2) is 5.65 Å². The van der Waals surface area contributed by atoms with Gasteiger partial charge in [0.1, 0.15) is 18.1 Å². The smallest absolute Gasteiger partial charge is 0.355 e. The fourth-order valence-electron chi connectivity index (χ4n) is 1.45. The number of hydrogen-bond acceptors (Lipinski definition) is 6. The predicted octanol–water partition coefficient (Wildman–Crippen LogP) is 0.360. The maximum atomic E-state index is 11.7. The number of carbonyl (C=O) groups excluding carboxylic acids is 1. The zero-order valence-electron chi connectivity index (χ0n) is 9.04. The highest BCUT2D eigenvalue weighted by Crippen LogP contribution is 2.19. The van der Waals surface area contributed by atoms with Crippen LogP contribution in [-0.2, 0) is 4.74 Å². The highest BCUT2D eigenvalue weighted by molar-refractivity contribution is 5.91. The molecule has 7 heteroatoms. The number of aromatic nitrogens is 3. The molecule has 2 aromatic heterocycles. The van der Waals surface area contributed by atoms with E-state index >= 15 is 0 Å². The highest BCUT2D eigenvalue weighted by atomic mass is 16.5. The van der Waals surface area contributed by atoms with Crippen LogP contribution in [-0.4, -0.2) is 27.2 Å². The Bertz CT molecular complexity index is 625. The number of hydrogen-bond donors (Lipinski definition) is 1. The molecule has 0 radical (unpaired) electrons. The van der Waals surface area contributed by atoms with Crippen LogP contribution in [0.5, 0.6) is 0 Å². The molecule has 0 saturated carbocycles. The molecule has 2 heterocycles. The number of nitriles is 1. The van der Waals surface area contributed by atoms with Crippen molar-refractivity contribution in [1.82, 2.24) is 14.6 Å². The molecule has 0 aliphatic carbocycles. The van der Waals surface area contributed by atoms with Crippen LogP contribution >= 0.6 is 0 Å². The molecule has 0 aliphatic heterocycles. The summed E-state index contributed by atoms with van der Waals surface area (Å²) in [5, 5.41) is 16.3. The molecular weight excluding hydrogens is 222 g/mol. The highest BCUT2D eigenvalue weighted by Gasteiger charge is 2.17. The molecule has 17 heavy (non-hydrogen) atoms. The average Bonchev–Trinajstić information content (AvgIpc) is 2.79. The first-order valence-corrected chi connectivity index (χ1v) is 4.88. The number of nitrogens with zero attached hydrogens (tertiary/aromatic N) is 4. The van der Waals surface area contributed by atoms with Crippen LogP contribution in [0.4, 0.5) is 5.69 Å². The number of esters is 1. The van der Waals surface area contributed by atoms with Crippen molar-refractivity contribution in [3.05, 3.63) is 23.7 Å². The Balaban J connectivity index is 2.71. The topological polar surface area (TPSA) is 106 Å². The van der Waals surface area contributed by atoms with Gasteiger partial charge in [-0.05, 0) is 13.0 Å². The molecule has 0 aromatic carbocycles. The summed E-state index contributed by atoms with van der Waals surface area (Å²) in [6, 6.07) is 3.27. The molecule has 86 valence electrons. The average molecular weight is 231 g/mol. The molecule has 2 rings (SSSR count). The van der Waals surface area contributed by atoms with E-state index in [1.165, 1.54) is 16.8 Å². The van der Waals surface area contributed by atoms with Crippen molar-refractivity contribution in [2.75, 3.05) is 12.3 Å². The minimum atomic E-state index is -0.547. The zero-order valence-corrected chi connectivity index (χ0v) is 9.04. The lowest BCUT2D eigenvalue weighted by atomic mass is 10.2. The van der Waals surface area contributed by atoms with Crippen LogP contribution in [0.15, 0.2) is 12.4 Å². The number of fused-ring (bicyclic) bond motifs is 1. The third-order valence-corrected chi connectivity index (χ3v) is 2.22. The molecule has 7 nitrogen and oxygen atoms in total. The van der Waals surface area contributed by atoms with Gasteiger partial charge in [-0.15, -0.1) is 10.2 Å². The standard InChI is InChI=1S/C10H9N5O2/c1-2-17-10(16)7-3-6(4-11)8(12)9-14-13-5-15(7)9/h3,5H,2,12H2,1H3. The van der Waals surface area contributed by atoms with E-state index in [1.54, 1.807) is 6.92 Å². The number of carbonyl (C=O) groups is 1. The Hall–Kier alpha value is -2.62. The Morgan fingerprint density at radius 1 is 1.71 bits per heavy atom. The van der Waals surface area contributed by atoms with Crippen molar-refractivity contribution in [3.63, 3.8) is 0 Å². The lowest BCUT2D eigenvalue weighted by Gasteiger charge is -2.06. The van der Waals surface area contributed by atoms with Gasteiger partial charge in [-0.3, -0.25) is 4.40 Å². The van der Waals surface area contributed by atoms with Crippen LogP contribution < -0.4 is 5.73 Å². The van der Waals surface area contributed by atoms with Gasteiger partial charge in [0.2, 0.25) is 0 Å². The molecule has 0 atom stereocenters. The number of nitrogens with two attached hydrogens (primary N) is 1. The van der Waals surface area contributed by atoms with Crippen LogP contribution in [0, 0.1) is 11.3 Å². The van der Waals surface area contributed by atoms with Crippen molar-refractivity contribution in [2.24, 2.45) is 0 Å². The van der Waals surface area contributed by atoms with Crippen molar-refractivity contribution >= 4 is 17.3 Å². The summed E-state index contributed by atoms with van der Waals surface area (Å²) in [4.78, 5) is 11.7. The Kier molecular flexibility index (Phi) is 2.62. The second-order valence-electron chi connectivity index (χ2n) is 3.21. The summed E-state index contributed by atoms with van der Waals surface area (Å²) in [5.41, 5.74) is 6.54. The summed E-state index contributed by atoms with van der Waals surface area (Å²) in [7, 11) is 0. The zero-order chi connectivity index (χ0) is 12.4. The van der Waals surface area contributed by atoms with Gasteiger partial charge in [0.05, 0.1) is 17.9 Å². The second kappa shape index (κ2) is 4.09. The minimum Gasteiger partial charge on any atom is -0.461 e. The summed E-state index contributed by atoms with van der Waals surface area (Å²) >= 11 is 0. The van der Waals surface area contributed by atoms with Gasteiger partial charge in [-0.2, -0.15) is 5.26 Å². The van der Waals surface area contributed by atoms with Crippen LogP contribution in [0.2, 0.25) is 0 Å². The molecule has 2 N–H and O–H groups in total. The second-order valence-corrected chi connectivity index (χ2v) is 3.21. The van der Waals surface area contributed by atoms with E-state index < -0.39 is 5.97 Å². The minimum absolute atomic E-state index is 0.175. The summed E-state index contributed by atoms with van der Waals surface area (Å²) in [6.07, 6.45) is 1.35. The Labute approximate surface area is 96.4 Å². The number of nitrogen functional groups attached to an aromatic ring is 1. The van der Waals surface area contributed by atoms with Crippen molar-refractivity contribution in [1.29, 1.82) is 5.26 Å². The van der Waals surface area contributed by atoms with Gasteiger partial charge in [-0.25, -0.2) is 4.79 Å². The SMILES string of the molecule is CCOC(=O)c1cc(C#N)c(N)c2nncn12. The van der Waals surface area contributed by atoms with E-state index in [0.717, 1.165) is 0 Å². The third kappa shape index (κ3) is 1.65. The van der Waals surface area contributed by atoms with Crippen LogP contribution in [0.3, 0.4) is 0 Å². The molecule has 0 amide bonds. The van der Waals surface area contributed by atoms with E-state index in [2.05, 4.69) is 10.2 Å². The van der Waals surface area contributed by atoms with Crippen molar-refractivity contribution < 1.29 is 9.53 Å². The summed E-state index contributed by atoms with van der Waals surface area (Å²) < 4.78 is 6.28. The Morgan fingerprint density at radius 2 is 2.47 bits per heavy atom. The fourth-order valence-corrected chi connectivity index (χ4v) is 1.45. The molecule has 0 spiro atoms. The van der Waals surface area contributed by atoms with Gasteiger partial charge < -0.3 is 10.5 Å². The molecule has 0 aliphatic rings. The van der Waals surface area contributed by atoms with E-state index in [4.69, 9.17) is 15.7 Å². The lowest BCUT2D eigenvalue weighted by Crippen LogP contribution is -2.12. The number of rotatable bonds is 2. The fraction of sp³-hybridized carbons (Fsp3) is 0.200. The largest absolute Gasteiger partial charge is 0.461 e. The monoisotopic (exact) mass is 231 g/mol. The van der Waals surface area contributed by atoms with E-state index in [-0.39, 0.29) is 29.2 Å². The quantitative estimate of drug-likeness (QED) is 0.748. The van der Waals surface area contributed by atoms with Gasteiger partial charge >= 0.3 is 5.97 Å². The van der Waals surface area contributed by atoms with Crippen LogP contribution in [0.25, 0.3) is 5.65 Å². The molecular formula is C10H9N5O2. The van der Waals surface area contributed by atoms with E-state index in [9.17, 15) is 4.79 Å². The maximum absolute atomic E-state index is 11.7. The summed E-state index contributed by atoms with van der Waals surface area (Å²) in [5.74, 6) is -0.547. The maximum Gasteiger partial charge on any atom is 0.355 e. The van der Waals surface area contributed by atoms with Gasteiger partial charge in [0.25, 0.3) is 0 Å². The molecule has 0 unspecified atom stereocenters. The van der Waals surface area contributed by atoms with E-state index in [1.807, 2.05) is 6.07 Å². The normalized spacial score (nSPS) is 10.1. The first kappa shape index (κ1) is 10.9. The number of pyridine rings is 1. The van der Waals surface area contributed by atoms with Gasteiger partial charge in [0, 0.05) is 0 Å². The van der Waals surface area contributed by atoms with E-state index in [0.29, 0.717) is 0 Å². The summed E-state index contributed by atoms with van der Waals surface area (Å²) in [6.45, 7) is 1.94. The Morgan fingerprint density at radius 3 is 3.12 bits per heavy atom. The van der Waals surface area contributed by atoms with Crippen LogP contribution in [0.1, 0.15) is 23.0 Å². The molecule has 0 fully saturated rings. The third-order valence-electron chi connectivity index (χ3n) is 2.22. The molecule has 0 bridgehead atoms. The molecule has 2 aromatic rings.